The van der Waals surface area contributed by atoms with Crippen molar-refractivity contribution in [2.24, 2.45) is 5.73 Å². The maximum atomic E-state index is 6.69. The van der Waals surface area contributed by atoms with Crippen molar-refractivity contribution in [3.05, 3.63) is 114 Å². The number of nitrogens with one attached hydrogen (secondary N) is 1. The van der Waals surface area contributed by atoms with Crippen molar-refractivity contribution in [2.75, 3.05) is 16.2 Å². The van der Waals surface area contributed by atoms with Crippen LogP contribution in [0, 0.1) is 0 Å². The monoisotopic (exact) mass is 612 g/mol. The summed E-state index contributed by atoms with van der Waals surface area (Å²) in [6.07, 6.45) is 5.54. The average Bonchev–Trinajstić information content (AvgIpc) is 3.57. The lowest BCUT2D eigenvalue weighted by Crippen LogP contribution is -2.10. The molecule has 1 aliphatic rings. The summed E-state index contributed by atoms with van der Waals surface area (Å²) in [6.45, 7) is 1.20. The van der Waals surface area contributed by atoms with Gasteiger partial charge in [0.25, 0.3) is 0 Å². The minimum atomic E-state index is -0.325. The van der Waals surface area contributed by atoms with Crippen LogP contribution in [0.25, 0.3) is 11.0 Å². The van der Waals surface area contributed by atoms with Crippen LogP contribution >= 0.6 is 47.1 Å². The first-order chi connectivity index (χ1) is 18.7. The zero-order chi connectivity index (χ0) is 25.9. The Kier molecular flexibility index (Phi) is 9.73. The maximum Gasteiger partial charge on any atom is 0.158 e. The fraction of sp³-hybridized carbons (Fsp3) is 0.0690. The summed E-state index contributed by atoms with van der Waals surface area (Å²) in [5, 5.41) is 5.99. The van der Waals surface area contributed by atoms with Crippen molar-refractivity contribution in [1.29, 1.82) is 0 Å². The summed E-state index contributed by atoms with van der Waals surface area (Å²) in [5.41, 5.74) is 9.41. The zero-order valence-corrected chi connectivity index (χ0v) is 24.4. The van der Waals surface area contributed by atoms with E-state index in [1.54, 1.807) is 6.33 Å². The van der Waals surface area contributed by atoms with Gasteiger partial charge >= 0.3 is 0 Å². The number of nitrogens with two attached hydrogens (primary N) is 1. The summed E-state index contributed by atoms with van der Waals surface area (Å²) in [6, 6.07) is 28.3. The highest BCUT2D eigenvalue weighted by Crippen LogP contribution is 2.41. The molecule has 206 valence electrons. The molecule has 0 saturated heterocycles. The Morgan fingerprint density at radius 2 is 1.68 bits per heavy atom. The van der Waals surface area contributed by atoms with Crippen molar-refractivity contribution in [2.45, 2.75) is 11.4 Å². The average molecular weight is 614 g/mol. The van der Waals surface area contributed by atoms with Gasteiger partial charge in [0, 0.05) is 35.2 Å². The smallest absolute Gasteiger partial charge is 0.158 e. The number of allylic oxidation sites excluding steroid dienone is 1. The number of nitrogens with zero attached hydrogens (tertiary/aromatic N) is 4. The molecule has 3 N–H and O–H groups in total. The topological polar surface area (TPSA) is 81.2 Å². The molecule has 11 heteroatoms. The van der Waals surface area contributed by atoms with Crippen LogP contribution in [0.15, 0.2) is 114 Å². The lowest BCUT2D eigenvalue weighted by molar-refractivity contribution is 0.458. The fourth-order valence-electron chi connectivity index (χ4n) is 4.30. The number of hydrogen-bond acceptors (Lipinski definition) is 6. The van der Waals surface area contributed by atoms with Crippen molar-refractivity contribution in [3.8, 4) is 5.75 Å². The van der Waals surface area contributed by atoms with Crippen molar-refractivity contribution in [3.63, 3.8) is 0 Å². The van der Waals surface area contributed by atoms with E-state index in [4.69, 9.17) is 22.1 Å². The van der Waals surface area contributed by atoms with E-state index < -0.39 is 0 Å². The minimum absolute atomic E-state index is 0. The van der Waals surface area contributed by atoms with Gasteiger partial charge < -0.3 is 20.4 Å². The SMILES string of the molecule is Cl.Cl.NCCn1ccc2ncnc(Nc3ccc(OC4=CN(c5ccccc5)S(c5ccccc5)=C4)c(Cl)c3)c21. The maximum absolute atomic E-state index is 6.69. The van der Waals surface area contributed by atoms with E-state index in [2.05, 4.69) is 61.4 Å². The number of aromatic nitrogens is 3. The number of para-hydroxylation sites is 1. The van der Waals surface area contributed by atoms with Crippen LogP contribution in [0.5, 0.6) is 5.75 Å². The van der Waals surface area contributed by atoms with Crippen LogP contribution in [0.2, 0.25) is 5.02 Å². The molecule has 6 rings (SSSR count). The van der Waals surface area contributed by atoms with Gasteiger partial charge in [0.15, 0.2) is 11.6 Å². The van der Waals surface area contributed by atoms with Crippen molar-refractivity contribution in [1.82, 2.24) is 14.5 Å². The highest BCUT2D eigenvalue weighted by Gasteiger charge is 2.20. The standard InChI is InChI=1S/C29H25ClN6OS.2ClH/c30-25-17-21(34-29-28-26(32-20-33-29)13-15-35(28)16-14-31)11-12-27(25)37-23-18-36(22-7-3-1-4-8-22)38(19-23)24-9-5-2-6-10-24;;/h1-13,15,17-20H,14,16,31H2,(H,32,33,34);2*1H. The zero-order valence-electron chi connectivity index (χ0n) is 21.2. The molecule has 0 fully saturated rings. The largest absolute Gasteiger partial charge is 0.454 e. The molecule has 0 saturated carbocycles. The molecule has 1 unspecified atom stereocenters. The second-order valence-electron chi connectivity index (χ2n) is 8.56. The fourth-order valence-corrected chi connectivity index (χ4v) is 6.33. The van der Waals surface area contributed by atoms with Gasteiger partial charge in [0.2, 0.25) is 0 Å². The normalized spacial score (nSPS) is 14.1. The third-order valence-corrected chi connectivity index (χ3v) is 8.27. The van der Waals surface area contributed by atoms with Gasteiger partial charge in [-0.25, -0.2) is 9.97 Å². The van der Waals surface area contributed by atoms with E-state index in [0.717, 1.165) is 28.2 Å². The Bertz CT molecular complexity index is 1660. The van der Waals surface area contributed by atoms with E-state index in [9.17, 15) is 0 Å². The van der Waals surface area contributed by atoms with E-state index in [0.29, 0.717) is 29.7 Å². The molecule has 5 aromatic rings. The molecule has 3 aromatic carbocycles. The minimum Gasteiger partial charge on any atom is -0.454 e. The lowest BCUT2D eigenvalue weighted by Gasteiger charge is -2.21. The van der Waals surface area contributed by atoms with E-state index >= 15 is 0 Å². The molecule has 0 bridgehead atoms. The Hall–Kier alpha value is -3.53. The molecule has 40 heavy (non-hydrogen) atoms. The van der Waals surface area contributed by atoms with Crippen LogP contribution in [0.4, 0.5) is 17.2 Å². The van der Waals surface area contributed by atoms with Crippen molar-refractivity contribution < 1.29 is 4.74 Å². The molecule has 0 aliphatic carbocycles. The number of halogens is 3. The van der Waals surface area contributed by atoms with E-state index in [-0.39, 0.29) is 35.5 Å². The van der Waals surface area contributed by atoms with Gasteiger partial charge in [-0.2, -0.15) is 0 Å². The van der Waals surface area contributed by atoms with E-state index in [1.165, 1.54) is 4.90 Å². The molecule has 7 nitrogen and oxygen atoms in total. The predicted molar refractivity (Wildman–Crippen MR) is 172 cm³/mol. The second-order valence-corrected chi connectivity index (χ2v) is 10.7. The molecule has 0 spiro atoms. The van der Waals surface area contributed by atoms with Gasteiger partial charge in [0.1, 0.15) is 17.6 Å². The first-order valence-corrected chi connectivity index (χ1v) is 13.8. The molecule has 3 heterocycles. The third-order valence-electron chi connectivity index (χ3n) is 6.02. The summed E-state index contributed by atoms with van der Waals surface area (Å²) >= 11 is 6.69. The van der Waals surface area contributed by atoms with Gasteiger partial charge in [0.05, 0.1) is 22.4 Å². The molecule has 0 radical (unpaired) electrons. The van der Waals surface area contributed by atoms with Crippen LogP contribution in [-0.4, -0.2) is 26.4 Å². The number of ether oxygens (including phenoxy) is 1. The Balaban J connectivity index is 0.00000185. The van der Waals surface area contributed by atoms with E-state index in [1.807, 2.05) is 65.5 Å². The van der Waals surface area contributed by atoms with Gasteiger partial charge in [-0.3, -0.25) is 4.31 Å². The molecule has 2 aromatic heterocycles. The first kappa shape index (κ1) is 29.5. The number of anilines is 3. The summed E-state index contributed by atoms with van der Waals surface area (Å²) in [7, 11) is -0.325. The molecular formula is C29H27Cl3N6OS. The number of rotatable bonds is 8. The number of benzene rings is 3. The number of fused-ring (bicyclic) bond motifs is 1. The van der Waals surface area contributed by atoms with Crippen LogP contribution in [0.3, 0.4) is 0 Å². The predicted octanol–water partition coefficient (Wildman–Crippen LogP) is 7.42. The summed E-state index contributed by atoms with van der Waals surface area (Å²) in [5.74, 6) is 2.00. The lowest BCUT2D eigenvalue weighted by atomic mass is 10.3. The van der Waals surface area contributed by atoms with Gasteiger partial charge in [-0.1, -0.05) is 58.7 Å². The van der Waals surface area contributed by atoms with Crippen LogP contribution in [0.1, 0.15) is 0 Å². The summed E-state index contributed by atoms with van der Waals surface area (Å²) < 4.78 is 10.6. The van der Waals surface area contributed by atoms with Crippen LogP contribution < -0.4 is 20.1 Å². The Morgan fingerprint density at radius 1 is 0.925 bits per heavy atom. The van der Waals surface area contributed by atoms with Gasteiger partial charge in [-0.15, -0.1) is 24.8 Å². The quantitative estimate of drug-likeness (QED) is 0.177. The highest BCUT2D eigenvalue weighted by molar-refractivity contribution is 8.16. The van der Waals surface area contributed by atoms with Crippen LogP contribution in [-0.2, 0) is 6.54 Å². The molecule has 1 aliphatic heterocycles. The van der Waals surface area contributed by atoms with Crippen molar-refractivity contribution >= 4 is 80.7 Å². The summed E-state index contributed by atoms with van der Waals surface area (Å²) in [4.78, 5) is 10.0. The Labute approximate surface area is 252 Å². The molecule has 1 atom stereocenters. The van der Waals surface area contributed by atoms with Gasteiger partial charge in [-0.05, 0) is 48.5 Å². The highest BCUT2D eigenvalue weighted by atomic mass is 35.5. The number of hydrogen-bond donors (Lipinski definition) is 2. The second kappa shape index (κ2) is 13.2. The first-order valence-electron chi connectivity index (χ1n) is 12.1. The molecular weight excluding hydrogens is 587 g/mol. The Morgan fingerprint density at radius 3 is 2.40 bits per heavy atom. The molecule has 0 amide bonds. The third kappa shape index (κ3) is 6.11.